The highest BCUT2D eigenvalue weighted by Gasteiger charge is 2.21. The molecule has 1 fully saturated rings. The Bertz CT molecular complexity index is 937. The zero-order valence-electron chi connectivity index (χ0n) is 17.8. The maximum atomic E-state index is 10.0. The highest BCUT2D eigenvalue weighted by molar-refractivity contribution is 6.30. The molecule has 1 aliphatic heterocycles. The highest BCUT2D eigenvalue weighted by Crippen LogP contribution is 2.29. The summed E-state index contributed by atoms with van der Waals surface area (Å²) in [5.41, 5.74) is 3.31. The van der Waals surface area contributed by atoms with Crippen LogP contribution in [-0.4, -0.2) is 29.7 Å². The number of piperidine rings is 1. The number of benzene rings is 3. The number of hydrogen-bond donors (Lipinski definition) is 1. The molecule has 4 heteroatoms. The number of para-hydroxylation sites is 1. The molecule has 1 saturated heterocycles. The van der Waals surface area contributed by atoms with E-state index in [1.807, 2.05) is 36.4 Å². The first kappa shape index (κ1) is 21.9. The maximum absolute atomic E-state index is 10.0. The van der Waals surface area contributed by atoms with E-state index in [-0.39, 0.29) is 6.10 Å². The fraction of sp³-hybridized carbons (Fsp3) is 0.333. The quantitative estimate of drug-likeness (QED) is 0.441. The van der Waals surface area contributed by atoms with E-state index in [2.05, 4.69) is 41.3 Å². The van der Waals surface area contributed by atoms with Gasteiger partial charge < -0.3 is 9.84 Å². The highest BCUT2D eigenvalue weighted by atomic mass is 35.5. The van der Waals surface area contributed by atoms with E-state index in [9.17, 15) is 5.11 Å². The van der Waals surface area contributed by atoms with Crippen molar-refractivity contribution < 1.29 is 9.84 Å². The van der Waals surface area contributed by atoms with Gasteiger partial charge in [-0.15, -0.1) is 0 Å². The van der Waals surface area contributed by atoms with Gasteiger partial charge in [-0.2, -0.15) is 0 Å². The molecule has 0 bridgehead atoms. The molecule has 31 heavy (non-hydrogen) atoms. The molecule has 4 rings (SSSR count). The Labute approximate surface area is 190 Å². The van der Waals surface area contributed by atoms with Gasteiger partial charge in [0, 0.05) is 23.7 Å². The molecule has 0 spiro atoms. The average Bonchev–Trinajstić information content (AvgIpc) is 2.81. The van der Waals surface area contributed by atoms with Gasteiger partial charge in [-0.1, -0.05) is 72.3 Å². The summed E-state index contributed by atoms with van der Waals surface area (Å²) in [6.07, 6.45) is 3.35. The summed E-state index contributed by atoms with van der Waals surface area (Å²) in [6, 6.07) is 26.0. The summed E-state index contributed by atoms with van der Waals surface area (Å²) in [5, 5.41) is 10.8. The average molecular weight is 436 g/mol. The largest absolute Gasteiger partial charge is 0.508 e. The van der Waals surface area contributed by atoms with Gasteiger partial charge in [0.15, 0.2) is 0 Å². The number of halogens is 1. The molecule has 0 aliphatic carbocycles. The van der Waals surface area contributed by atoms with Crippen LogP contribution in [0.2, 0.25) is 5.02 Å². The standard InChI is InChI=1S/C27H30ClNO2/c28-25-12-10-23(11-13-25)27(22-6-2-1-3-7-22)31-19-16-21-14-17-29(18-15-21)20-24-8-4-5-9-26(24)30/h1-13,21,27,30H,14-20H2. The number of hydrogen-bond acceptors (Lipinski definition) is 3. The lowest BCUT2D eigenvalue weighted by molar-refractivity contribution is 0.0595. The molecule has 1 atom stereocenters. The molecule has 0 saturated carbocycles. The van der Waals surface area contributed by atoms with Crippen molar-refractivity contribution in [3.8, 4) is 5.75 Å². The Balaban J connectivity index is 1.28. The number of phenolic OH excluding ortho intramolecular Hbond substituents is 1. The monoisotopic (exact) mass is 435 g/mol. The fourth-order valence-electron chi connectivity index (χ4n) is 4.32. The van der Waals surface area contributed by atoms with Crippen LogP contribution < -0.4 is 0 Å². The lowest BCUT2D eigenvalue weighted by Crippen LogP contribution is -2.33. The second kappa shape index (κ2) is 10.8. The predicted octanol–water partition coefficient (Wildman–Crippen LogP) is 6.45. The number of phenols is 1. The van der Waals surface area contributed by atoms with Crippen LogP contribution in [0.3, 0.4) is 0 Å². The zero-order chi connectivity index (χ0) is 21.5. The first-order valence-electron chi connectivity index (χ1n) is 11.1. The molecule has 3 aromatic carbocycles. The number of aromatic hydroxyl groups is 1. The predicted molar refractivity (Wildman–Crippen MR) is 126 cm³/mol. The van der Waals surface area contributed by atoms with Crippen LogP contribution in [0, 0.1) is 5.92 Å². The van der Waals surface area contributed by atoms with Gasteiger partial charge in [-0.05, 0) is 67.6 Å². The van der Waals surface area contributed by atoms with Gasteiger partial charge in [0.25, 0.3) is 0 Å². The summed E-state index contributed by atoms with van der Waals surface area (Å²) in [7, 11) is 0. The minimum absolute atomic E-state index is 0.0698. The topological polar surface area (TPSA) is 32.7 Å². The van der Waals surface area contributed by atoms with E-state index in [0.29, 0.717) is 11.7 Å². The van der Waals surface area contributed by atoms with E-state index in [0.717, 1.165) is 48.8 Å². The fourth-order valence-corrected chi connectivity index (χ4v) is 4.45. The van der Waals surface area contributed by atoms with Crippen molar-refractivity contribution in [1.29, 1.82) is 0 Å². The molecule has 3 nitrogen and oxygen atoms in total. The molecule has 3 aromatic rings. The van der Waals surface area contributed by atoms with Gasteiger partial charge in [-0.3, -0.25) is 4.90 Å². The third kappa shape index (κ3) is 6.10. The number of likely N-dealkylation sites (tertiary alicyclic amines) is 1. The molecular formula is C27H30ClNO2. The molecule has 1 unspecified atom stereocenters. The van der Waals surface area contributed by atoms with Crippen LogP contribution in [0.4, 0.5) is 0 Å². The van der Waals surface area contributed by atoms with E-state index in [1.54, 1.807) is 6.07 Å². The van der Waals surface area contributed by atoms with Gasteiger partial charge in [0.2, 0.25) is 0 Å². The van der Waals surface area contributed by atoms with E-state index in [4.69, 9.17) is 16.3 Å². The number of nitrogens with zero attached hydrogens (tertiary/aromatic N) is 1. The van der Waals surface area contributed by atoms with Crippen LogP contribution in [0.1, 0.15) is 42.1 Å². The van der Waals surface area contributed by atoms with Gasteiger partial charge >= 0.3 is 0 Å². The molecule has 162 valence electrons. The van der Waals surface area contributed by atoms with Crippen molar-refractivity contribution in [1.82, 2.24) is 4.90 Å². The van der Waals surface area contributed by atoms with E-state index in [1.165, 1.54) is 18.4 Å². The van der Waals surface area contributed by atoms with Crippen LogP contribution in [0.15, 0.2) is 78.9 Å². The minimum atomic E-state index is -0.0698. The zero-order valence-corrected chi connectivity index (χ0v) is 18.5. The summed E-state index contributed by atoms with van der Waals surface area (Å²) >= 11 is 6.08. The first-order valence-corrected chi connectivity index (χ1v) is 11.5. The van der Waals surface area contributed by atoms with Crippen molar-refractivity contribution in [2.45, 2.75) is 31.9 Å². The Morgan fingerprint density at radius 2 is 1.52 bits per heavy atom. The molecular weight excluding hydrogens is 406 g/mol. The van der Waals surface area contributed by atoms with Crippen molar-refractivity contribution in [2.75, 3.05) is 19.7 Å². The molecule has 1 heterocycles. The number of rotatable bonds is 8. The Kier molecular flexibility index (Phi) is 7.63. The third-order valence-corrected chi connectivity index (χ3v) is 6.43. The van der Waals surface area contributed by atoms with Crippen LogP contribution in [0.25, 0.3) is 0 Å². The summed E-state index contributed by atoms with van der Waals surface area (Å²) in [4.78, 5) is 2.44. The van der Waals surface area contributed by atoms with E-state index < -0.39 is 0 Å². The van der Waals surface area contributed by atoms with Crippen LogP contribution in [-0.2, 0) is 11.3 Å². The molecule has 0 amide bonds. The lowest BCUT2D eigenvalue weighted by atomic mass is 9.93. The van der Waals surface area contributed by atoms with E-state index >= 15 is 0 Å². The minimum Gasteiger partial charge on any atom is -0.508 e. The number of ether oxygens (including phenoxy) is 1. The Morgan fingerprint density at radius 1 is 0.871 bits per heavy atom. The SMILES string of the molecule is Oc1ccccc1CN1CCC(CCOC(c2ccccc2)c2ccc(Cl)cc2)CC1. The molecule has 0 aromatic heterocycles. The summed E-state index contributed by atoms with van der Waals surface area (Å²) in [6.45, 7) is 3.70. The first-order chi connectivity index (χ1) is 15.2. The maximum Gasteiger partial charge on any atom is 0.120 e. The van der Waals surface area contributed by atoms with Crippen molar-refractivity contribution >= 4 is 11.6 Å². The van der Waals surface area contributed by atoms with Crippen LogP contribution >= 0.6 is 11.6 Å². The third-order valence-electron chi connectivity index (χ3n) is 6.18. The summed E-state index contributed by atoms with van der Waals surface area (Å²) < 4.78 is 6.41. The summed E-state index contributed by atoms with van der Waals surface area (Å²) in [5.74, 6) is 1.08. The van der Waals surface area contributed by atoms with Gasteiger partial charge in [-0.25, -0.2) is 0 Å². The second-order valence-electron chi connectivity index (χ2n) is 8.35. The normalized spacial score (nSPS) is 16.3. The van der Waals surface area contributed by atoms with Crippen molar-refractivity contribution in [3.63, 3.8) is 0 Å². The smallest absolute Gasteiger partial charge is 0.120 e. The lowest BCUT2D eigenvalue weighted by Gasteiger charge is -2.32. The van der Waals surface area contributed by atoms with Crippen molar-refractivity contribution in [3.05, 3.63) is 101 Å². The molecule has 0 radical (unpaired) electrons. The van der Waals surface area contributed by atoms with Crippen LogP contribution in [0.5, 0.6) is 5.75 Å². The second-order valence-corrected chi connectivity index (χ2v) is 8.79. The molecule has 1 N–H and O–H groups in total. The van der Waals surface area contributed by atoms with Gasteiger partial charge in [0.1, 0.15) is 11.9 Å². The Morgan fingerprint density at radius 3 is 2.23 bits per heavy atom. The Hall–Kier alpha value is -2.33. The van der Waals surface area contributed by atoms with Crippen molar-refractivity contribution in [2.24, 2.45) is 5.92 Å². The van der Waals surface area contributed by atoms with Gasteiger partial charge in [0.05, 0.1) is 0 Å². The molecule has 1 aliphatic rings.